The van der Waals surface area contributed by atoms with E-state index in [0.717, 1.165) is 28.0 Å². The van der Waals surface area contributed by atoms with Crippen LogP contribution in [0.5, 0.6) is 0 Å². The van der Waals surface area contributed by atoms with Crippen molar-refractivity contribution in [1.82, 2.24) is 9.97 Å². The van der Waals surface area contributed by atoms with Crippen LogP contribution in [0.3, 0.4) is 0 Å². The smallest absolute Gasteiger partial charge is 0.161 e. The van der Waals surface area contributed by atoms with Gasteiger partial charge in [0.05, 0.1) is 10.2 Å². The lowest BCUT2D eigenvalue weighted by atomic mass is 10.0. The summed E-state index contributed by atoms with van der Waals surface area (Å²) < 4.78 is 0.878. The number of benzene rings is 1. The molecule has 110 valence electrons. The van der Waals surface area contributed by atoms with Crippen LogP contribution in [-0.2, 0) is 6.42 Å². The summed E-state index contributed by atoms with van der Waals surface area (Å²) in [6, 6.07) is 8.43. The molecule has 4 heteroatoms. The van der Waals surface area contributed by atoms with Gasteiger partial charge in [-0.05, 0) is 40.8 Å². The van der Waals surface area contributed by atoms with E-state index in [1.807, 2.05) is 0 Å². The summed E-state index contributed by atoms with van der Waals surface area (Å²) in [5.41, 5.74) is 9.52. The molecular formula is C17H20BrN3. The minimum atomic E-state index is 0.512. The summed E-state index contributed by atoms with van der Waals surface area (Å²) in [7, 11) is 0. The second-order valence-corrected chi connectivity index (χ2v) is 6.46. The van der Waals surface area contributed by atoms with Crippen LogP contribution in [0, 0.1) is 0 Å². The molecule has 1 aliphatic carbocycles. The lowest BCUT2D eigenvalue weighted by Gasteiger charge is -2.14. The Labute approximate surface area is 134 Å². The van der Waals surface area contributed by atoms with E-state index < -0.39 is 0 Å². The first-order chi connectivity index (χ1) is 10.2. The van der Waals surface area contributed by atoms with Crippen molar-refractivity contribution >= 4 is 21.7 Å². The van der Waals surface area contributed by atoms with Gasteiger partial charge in [-0.3, -0.25) is 0 Å². The van der Waals surface area contributed by atoms with Crippen LogP contribution in [0.25, 0.3) is 11.4 Å². The van der Waals surface area contributed by atoms with Gasteiger partial charge in [-0.1, -0.05) is 44.0 Å². The van der Waals surface area contributed by atoms with Crippen LogP contribution < -0.4 is 5.73 Å². The molecule has 0 radical (unpaired) electrons. The lowest BCUT2D eigenvalue weighted by Crippen LogP contribution is -2.06. The molecule has 0 bridgehead atoms. The first-order valence-electron chi connectivity index (χ1n) is 7.61. The van der Waals surface area contributed by atoms with E-state index in [1.54, 1.807) is 0 Å². The maximum Gasteiger partial charge on any atom is 0.161 e. The third-order valence-corrected chi connectivity index (χ3v) is 5.08. The van der Waals surface area contributed by atoms with Gasteiger partial charge in [0.15, 0.2) is 5.82 Å². The Morgan fingerprint density at radius 3 is 2.43 bits per heavy atom. The summed E-state index contributed by atoms with van der Waals surface area (Å²) in [6.07, 6.45) is 5.99. The minimum absolute atomic E-state index is 0.512. The van der Waals surface area contributed by atoms with E-state index in [2.05, 4.69) is 52.1 Å². The number of aryl methyl sites for hydroxylation is 1. The monoisotopic (exact) mass is 345 g/mol. The molecule has 0 unspecified atom stereocenters. The highest BCUT2D eigenvalue weighted by Crippen LogP contribution is 2.38. The number of halogens is 1. The molecule has 0 aliphatic heterocycles. The van der Waals surface area contributed by atoms with Crippen molar-refractivity contribution in [3.8, 4) is 11.4 Å². The molecule has 1 aromatic carbocycles. The van der Waals surface area contributed by atoms with Crippen molar-refractivity contribution in [3.05, 3.63) is 40.0 Å². The highest BCUT2D eigenvalue weighted by molar-refractivity contribution is 9.10. The molecule has 21 heavy (non-hydrogen) atoms. The zero-order valence-corrected chi connectivity index (χ0v) is 13.9. The number of anilines is 1. The molecule has 1 saturated carbocycles. The van der Waals surface area contributed by atoms with Crippen molar-refractivity contribution in [2.75, 3.05) is 5.73 Å². The van der Waals surface area contributed by atoms with Crippen molar-refractivity contribution in [1.29, 1.82) is 0 Å². The van der Waals surface area contributed by atoms with Gasteiger partial charge < -0.3 is 5.73 Å². The first kappa shape index (κ1) is 14.5. The average molecular weight is 346 g/mol. The molecule has 2 N–H and O–H groups in total. The number of rotatable bonds is 3. The second kappa shape index (κ2) is 6.14. The van der Waals surface area contributed by atoms with Crippen molar-refractivity contribution in [2.45, 2.75) is 44.9 Å². The quantitative estimate of drug-likeness (QED) is 0.876. The standard InChI is InChI=1S/C17H20BrN3/c1-2-11-7-9-13(10-8-11)17-20-15(12-5-3-4-6-12)14(18)16(19)21-17/h7-10,12H,2-6H2,1H3,(H2,19,20,21). The van der Waals surface area contributed by atoms with Crippen LogP contribution in [-0.4, -0.2) is 9.97 Å². The van der Waals surface area contributed by atoms with Crippen LogP contribution in [0.4, 0.5) is 5.82 Å². The normalized spacial score (nSPS) is 15.5. The molecule has 0 saturated heterocycles. The Balaban J connectivity index is 2.01. The molecule has 1 aromatic heterocycles. The summed E-state index contributed by atoms with van der Waals surface area (Å²) in [6.45, 7) is 2.15. The Kier molecular flexibility index (Phi) is 4.24. The Morgan fingerprint density at radius 1 is 1.14 bits per heavy atom. The largest absolute Gasteiger partial charge is 0.383 e. The van der Waals surface area contributed by atoms with Gasteiger partial charge in [0.2, 0.25) is 0 Å². The van der Waals surface area contributed by atoms with Gasteiger partial charge >= 0.3 is 0 Å². The van der Waals surface area contributed by atoms with Gasteiger partial charge in [-0.15, -0.1) is 0 Å². The average Bonchev–Trinajstić information content (AvgIpc) is 3.04. The molecule has 0 spiro atoms. The van der Waals surface area contributed by atoms with Gasteiger partial charge in [-0.25, -0.2) is 9.97 Å². The van der Waals surface area contributed by atoms with E-state index in [4.69, 9.17) is 10.7 Å². The number of aromatic nitrogens is 2. The molecule has 0 atom stereocenters. The molecule has 3 nitrogen and oxygen atoms in total. The Hall–Kier alpha value is -1.42. The van der Waals surface area contributed by atoms with Crippen LogP contribution in [0.2, 0.25) is 0 Å². The number of nitrogen functional groups attached to an aromatic ring is 1. The molecule has 1 fully saturated rings. The van der Waals surface area contributed by atoms with Gasteiger partial charge in [0.1, 0.15) is 5.82 Å². The molecule has 1 aliphatic rings. The Bertz CT molecular complexity index is 631. The summed E-state index contributed by atoms with van der Waals surface area (Å²) in [4.78, 5) is 9.25. The van der Waals surface area contributed by atoms with Crippen LogP contribution >= 0.6 is 15.9 Å². The summed E-state index contributed by atoms with van der Waals surface area (Å²) in [5.74, 6) is 1.79. The number of nitrogens with two attached hydrogens (primary N) is 1. The van der Waals surface area contributed by atoms with Crippen molar-refractivity contribution in [2.24, 2.45) is 0 Å². The highest BCUT2D eigenvalue weighted by atomic mass is 79.9. The van der Waals surface area contributed by atoms with E-state index >= 15 is 0 Å². The Morgan fingerprint density at radius 2 is 1.81 bits per heavy atom. The van der Waals surface area contributed by atoms with E-state index in [9.17, 15) is 0 Å². The molecule has 1 heterocycles. The van der Waals surface area contributed by atoms with Crippen LogP contribution in [0.15, 0.2) is 28.7 Å². The minimum Gasteiger partial charge on any atom is -0.383 e. The predicted octanol–water partition coefficient (Wildman–Crippen LogP) is 4.71. The second-order valence-electron chi connectivity index (χ2n) is 5.66. The number of hydrogen-bond donors (Lipinski definition) is 1. The predicted molar refractivity (Wildman–Crippen MR) is 90.2 cm³/mol. The number of nitrogens with zero attached hydrogens (tertiary/aromatic N) is 2. The molecule has 0 amide bonds. The molecule has 2 aromatic rings. The summed E-state index contributed by atoms with van der Waals surface area (Å²) >= 11 is 3.57. The summed E-state index contributed by atoms with van der Waals surface area (Å²) in [5, 5.41) is 0. The SMILES string of the molecule is CCc1ccc(-c2nc(N)c(Br)c(C3CCCC3)n2)cc1. The lowest BCUT2D eigenvalue weighted by molar-refractivity contribution is 0.691. The van der Waals surface area contributed by atoms with E-state index in [-0.39, 0.29) is 0 Å². The van der Waals surface area contributed by atoms with Crippen molar-refractivity contribution < 1.29 is 0 Å². The maximum absolute atomic E-state index is 6.08. The molecule has 3 rings (SSSR count). The topological polar surface area (TPSA) is 51.8 Å². The fourth-order valence-electron chi connectivity index (χ4n) is 2.97. The zero-order valence-electron chi connectivity index (χ0n) is 12.3. The zero-order chi connectivity index (χ0) is 14.8. The fourth-order valence-corrected chi connectivity index (χ4v) is 3.47. The van der Waals surface area contributed by atoms with E-state index in [0.29, 0.717) is 11.7 Å². The van der Waals surface area contributed by atoms with Crippen LogP contribution in [0.1, 0.15) is 49.8 Å². The fraction of sp³-hybridized carbons (Fsp3) is 0.412. The van der Waals surface area contributed by atoms with Gasteiger partial charge in [-0.2, -0.15) is 0 Å². The third kappa shape index (κ3) is 2.95. The molecular weight excluding hydrogens is 326 g/mol. The third-order valence-electron chi connectivity index (χ3n) is 4.26. The van der Waals surface area contributed by atoms with Crippen molar-refractivity contribution in [3.63, 3.8) is 0 Å². The van der Waals surface area contributed by atoms with Gasteiger partial charge in [0.25, 0.3) is 0 Å². The van der Waals surface area contributed by atoms with Gasteiger partial charge in [0, 0.05) is 11.5 Å². The maximum atomic E-state index is 6.08. The first-order valence-corrected chi connectivity index (χ1v) is 8.40. The van der Waals surface area contributed by atoms with E-state index in [1.165, 1.54) is 31.2 Å². The number of hydrogen-bond acceptors (Lipinski definition) is 3. The highest BCUT2D eigenvalue weighted by Gasteiger charge is 2.23.